The average molecular weight is 470 g/mol. The molecular formula is C22H26F3N3O3S. The molecule has 2 fully saturated rings. The van der Waals surface area contributed by atoms with E-state index in [2.05, 4.69) is 0 Å². The summed E-state index contributed by atoms with van der Waals surface area (Å²) in [7, 11) is -3.69. The van der Waals surface area contributed by atoms with Crippen LogP contribution in [-0.2, 0) is 14.8 Å². The number of nitrogens with zero attached hydrogens (tertiary/aromatic N) is 3. The van der Waals surface area contributed by atoms with Gasteiger partial charge in [-0.15, -0.1) is 0 Å². The highest BCUT2D eigenvalue weighted by Crippen LogP contribution is 2.33. The molecule has 0 bridgehead atoms. The largest absolute Gasteiger partial charge is 0.393 e. The van der Waals surface area contributed by atoms with Gasteiger partial charge in [-0.05, 0) is 42.3 Å². The summed E-state index contributed by atoms with van der Waals surface area (Å²) in [5.41, 5.74) is 0. The zero-order valence-electron chi connectivity index (χ0n) is 17.6. The lowest BCUT2D eigenvalue weighted by Crippen LogP contribution is -2.53. The molecule has 2 heterocycles. The summed E-state index contributed by atoms with van der Waals surface area (Å²) in [5.74, 6) is -1.65. The first kappa shape index (κ1) is 23.0. The Hall–Kier alpha value is -2.17. The highest BCUT2D eigenvalue weighted by molar-refractivity contribution is 7.89. The van der Waals surface area contributed by atoms with Crippen LogP contribution in [0, 0.1) is 5.92 Å². The number of hydrogen-bond donors (Lipinski definition) is 0. The maximum Gasteiger partial charge on any atom is 0.393 e. The Morgan fingerprint density at radius 2 is 1.66 bits per heavy atom. The van der Waals surface area contributed by atoms with E-state index >= 15 is 0 Å². The zero-order chi connectivity index (χ0) is 22.9. The van der Waals surface area contributed by atoms with Crippen molar-refractivity contribution in [3.8, 4) is 0 Å². The first-order chi connectivity index (χ1) is 15.1. The van der Waals surface area contributed by atoms with Crippen LogP contribution in [0.4, 0.5) is 13.2 Å². The van der Waals surface area contributed by atoms with Crippen molar-refractivity contribution in [1.82, 2.24) is 14.1 Å². The Balaban J connectivity index is 1.35. The normalized spacial score (nSPS) is 21.7. The second kappa shape index (κ2) is 8.99. The molecule has 0 radical (unpaired) electrons. The molecule has 2 saturated heterocycles. The van der Waals surface area contributed by atoms with Gasteiger partial charge in [-0.25, -0.2) is 8.42 Å². The van der Waals surface area contributed by atoms with Crippen molar-refractivity contribution in [3.05, 3.63) is 42.5 Å². The molecule has 2 aliphatic rings. The number of carbonyl (C=O) groups excluding carboxylic acids is 1. The maximum absolute atomic E-state index is 13.1. The molecule has 10 heteroatoms. The van der Waals surface area contributed by atoms with E-state index in [0.717, 1.165) is 10.8 Å². The minimum absolute atomic E-state index is 0.0655. The van der Waals surface area contributed by atoms with Gasteiger partial charge in [0.1, 0.15) is 0 Å². The molecule has 0 aromatic heterocycles. The first-order valence-corrected chi connectivity index (χ1v) is 12.1. The summed E-state index contributed by atoms with van der Waals surface area (Å²) in [4.78, 5) is 15.9. The number of halogens is 3. The third-order valence-corrected chi connectivity index (χ3v) is 8.17. The van der Waals surface area contributed by atoms with Crippen LogP contribution >= 0.6 is 0 Å². The molecule has 0 N–H and O–H groups in total. The van der Waals surface area contributed by atoms with Gasteiger partial charge in [0.15, 0.2) is 0 Å². The number of alkyl halides is 3. The van der Waals surface area contributed by atoms with Gasteiger partial charge in [0.2, 0.25) is 15.9 Å². The fourth-order valence-corrected chi connectivity index (χ4v) is 5.87. The van der Waals surface area contributed by atoms with Crippen LogP contribution in [-0.4, -0.2) is 80.4 Å². The van der Waals surface area contributed by atoms with E-state index in [1.54, 1.807) is 28.0 Å². The third kappa shape index (κ3) is 4.92. The number of hydrogen-bond acceptors (Lipinski definition) is 4. The van der Waals surface area contributed by atoms with Crippen LogP contribution < -0.4 is 0 Å². The van der Waals surface area contributed by atoms with Crippen molar-refractivity contribution in [2.75, 3.05) is 45.8 Å². The van der Waals surface area contributed by atoms with Crippen molar-refractivity contribution in [2.24, 2.45) is 5.92 Å². The Bertz CT molecular complexity index is 1080. The van der Waals surface area contributed by atoms with Gasteiger partial charge in [-0.2, -0.15) is 17.5 Å². The van der Waals surface area contributed by atoms with Gasteiger partial charge in [0.05, 0.1) is 17.4 Å². The molecule has 6 nitrogen and oxygen atoms in total. The molecule has 2 aromatic carbocycles. The molecule has 4 rings (SSSR count). The van der Waals surface area contributed by atoms with E-state index < -0.39 is 22.1 Å². The molecule has 1 amide bonds. The van der Waals surface area contributed by atoms with Crippen LogP contribution in [0.1, 0.15) is 12.8 Å². The Kier molecular flexibility index (Phi) is 6.46. The Labute approximate surface area is 185 Å². The van der Waals surface area contributed by atoms with E-state index in [0.29, 0.717) is 13.0 Å². The summed E-state index contributed by atoms with van der Waals surface area (Å²) in [6.07, 6.45) is -3.74. The minimum Gasteiger partial charge on any atom is -0.339 e. The number of sulfonamides is 1. The number of rotatable bonds is 4. The quantitative estimate of drug-likeness (QED) is 0.691. The molecule has 0 aliphatic carbocycles. The predicted octanol–water partition coefficient (Wildman–Crippen LogP) is 2.95. The van der Waals surface area contributed by atoms with Crippen molar-refractivity contribution in [2.45, 2.75) is 23.9 Å². The van der Waals surface area contributed by atoms with Gasteiger partial charge < -0.3 is 4.90 Å². The van der Waals surface area contributed by atoms with Gasteiger partial charge in [0, 0.05) is 32.7 Å². The number of likely N-dealkylation sites (tertiary alicyclic amines) is 1. The monoisotopic (exact) mass is 469 g/mol. The molecule has 2 aromatic rings. The SMILES string of the molecule is O=C(CN1CCCC(C(F)(F)F)C1)N1CCN(S(=O)(=O)c2ccc3ccccc3c2)CC1. The number of carbonyl (C=O) groups is 1. The minimum atomic E-state index is -4.25. The summed E-state index contributed by atoms with van der Waals surface area (Å²) >= 11 is 0. The predicted molar refractivity (Wildman–Crippen MR) is 115 cm³/mol. The standard InChI is InChI=1S/C22H26F3N3O3S/c23-22(24,25)19-6-3-9-26(15-19)16-21(29)27-10-12-28(13-11-27)32(30,31)20-8-7-17-4-1-2-5-18(17)14-20/h1-2,4-5,7-8,14,19H,3,6,9-13,15-16H2. The van der Waals surface area contributed by atoms with Gasteiger partial charge in [-0.3, -0.25) is 9.69 Å². The molecule has 0 saturated carbocycles. The molecule has 1 unspecified atom stereocenters. The number of piperidine rings is 1. The lowest BCUT2D eigenvalue weighted by atomic mass is 9.97. The van der Waals surface area contributed by atoms with Crippen LogP contribution in [0.3, 0.4) is 0 Å². The maximum atomic E-state index is 13.1. The first-order valence-electron chi connectivity index (χ1n) is 10.7. The highest BCUT2D eigenvalue weighted by Gasteiger charge is 2.42. The van der Waals surface area contributed by atoms with E-state index in [1.165, 1.54) is 4.31 Å². The van der Waals surface area contributed by atoms with Gasteiger partial charge in [-0.1, -0.05) is 30.3 Å². The average Bonchev–Trinajstić information content (AvgIpc) is 2.78. The zero-order valence-corrected chi connectivity index (χ0v) is 18.4. The topological polar surface area (TPSA) is 60.9 Å². The second-order valence-electron chi connectivity index (χ2n) is 8.41. The lowest BCUT2D eigenvalue weighted by molar-refractivity contribution is -0.187. The van der Waals surface area contributed by atoms with Crippen LogP contribution in [0.15, 0.2) is 47.4 Å². The summed E-state index contributed by atoms with van der Waals surface area (Å²) < 4.78 is 66.5. The van der Waals surface area contributed by atoms with Crippen molar-refractivity contribution < 1.29 is 26.4 Å². The molecular weight excluding hydrogens is 443 g/mol. The van der Waals surface area contributed by atoms with E-state index in [9.17, 15) is 26.4 Å². The van der Waals surface area contributed by atoms with Crippen LogP contribution in [0.25, 0.3) is 10.8 Å². The highest BCUT2D eigenvalue weighted by atomic mass is 32.2. The summed E-state index contributed by atoms with van der Waals surface area (Å²) in [5, 5.41) is 1.79. The Morgan fingerprint density at radius 3 is 2.34 bits per heavy atom. The van der Waals surface area contributed by atoms with E-state index in [4.69, 9.17) is 0 Å². The van der Waals surface area contributed by atoms with E-state index in [-0.39, 0.29) is 56.5 Å². The number of amides is 1. The summed E-state index contributed by atoms with van der Waals surface area (Å²) in [6, 6.07) is 12.5. The van der Waals surface area contributed by atoms with Crippen molar-refractivity contribution in [3.63, 3.8) is 0 Å². The Morgan fingerprint density at radius 1 is 0.969 bits per heavy atom. The van der Waals surface area contributed by atoms with Crippen molar-refractivity contribution >= 4 is 26.7 Å². The molecule has 174 valence electrons. The van der Waals surface area contributed by atoms with Gasteiger partial charge >= 0.3 is 6.18 Å². The molecule has 32 heavy (non-hydrogen) atoms. The van der Waals surface area contributed by atoms with Crippen LogP contribution in [0.5, 0.6) is 0 Å². The molecule has 2 aliphatic heterocycles. The lowest BCUT2D eigenvalue weighted by Gasteiger charge is -2.37. The third-order valence-electron chi connectivity index (χ3n) is 6.28. The van der Waals surface area contributed by atoms with E-state index in [1.807, 2.05) is 24.3 Å². The smallest absolute Gasteiger partial charge is 0.339 e. The summed E-state index contributed by atoms with van der Waals surface area (Å²) in [6.45, 7) is 1.01. The number of piperazine rings is 1. The molecule has 1 atom stereocenters. The van der Waals surface area contributed by atoms with Crippen LogP contribution in [0.2, 0.25) is 0 Å². The molecule has 0 spiro atoms. The van der Waals surface area contributed by atoms with Crippen molar-refractivity contribution in [1.29, 1.82) is 0 Å². The fourth-order valence-electron chi connectivity index (χ4n) is 4.41. The van der Waals surface area contributed by atoms with Gasteiger partial charge in [0.25, 0.3) is 0 Å². The number of benzene rings is 2. The fraction of sp³-hybridized carbons (Fsp3) is 0.500. The second-order valence-corrected chi connectivity index (χ2v) is 10.3. The number of fused-ring (bicyclic) bond motifs is 1.